The molecule has 0 aromatic carbocycles. The number of hydrogen-bond donors (Lipinski definition) is 3. The minimum absolute atomic E-state index is 0.00460. The van der Waals surface area contributed by atoms with Crippen molar-refractivity contribution in [2.45, 2.75) is 418 Å². The average molecular weight is 1170 g/mol. The Morgan fingerprint density at radius 3 is 0.928 bits per heavy atom. The van der Waals surface area contributed by atoms with Crippen LogP contribution in [0.3, 0.4) is 0 Å². The number of allylic oxidation sites excluding steroid dienone is 7. The van der Waals surface area contributed by atoms with Crippen LogP contribution in [0.4, 0.5) is 0 Å². The summed E-state index contributed by atoms with van der Waals surface area (Å²) in [6.45, 7) is 4.92. The summed E-state index contributed by atoms with van der Waals surface area (Å²) in [4.78, 5) is 24.6. The van der Waals surface area contributed by atoms with Gasteiger partial charge in [0.05, 0.1) is 25.4 Å². The second kappa shape index (κ2) is 72.3. The fraction of sp³-hybridized carbons (Fsp3) is 0.870. The molecule has 0 spiro atoms. The van der Waals surface area contributed by atoms with Crippen molar-refractivity contribution in [3.05, 3.63) is 48.6 Å². The number of carbonyl (C=O) groups is 2. The van der Waals surface area contributed by atoms with Crippen LogP contribution in [-0.4, -0.2) is 47.4 Å². The van der Waals surface area contributed by atoms with E-state index in [1.807, 2.05) is 6.08 Å². The molecule has 83 heavy (non-hydrogen) atoms. The maximum atomic E-state index is 12.5. The van der Waals surface area contributed by atoms with Crippen LogP contribution in [-0.2, 0) is 14.3 Å². The summed E-state index contributed by atoms with van der Waals surface area (Å²) in [6.07, 6.45) is 94.9. The molecule has 2 atom stereocenters. The highest BCUT2D eigenvalue weighted by molar-refractivity contribution is 5.76. The van der Waals surface area contributed by atoms with Gasteiger partial charge in [-0.25, -0.2) is 0 Å². The summed E-state index contributed by atoms with van der Waals surface area (Å²) in [7, 11) is 0. The van der Waals surface area contributed by atoms with Gasteiger partial charge in [0.25, 0.3) is 0 Å². The first-order valence-corrected chi connectivity index (χ1v) is 37.4. The molecule has 6 nitrogen and oxygen atoms in total. The molecule has 1 amide bonds. The van der Waals surface area contributed by atoms with Gasteiger partial charge in [-0.1, -0.05) is 351 Å². The zero-order chi connectivity index (χ0) is 59.9. The lowest BCUT2D eigenvalue weighted by Crippen LogP contribution is -2.45. The molecule has 0 aromatic heterocycles. The third-order valence-electron chi connectivity index (χ3n) is 17.3. The first-order valence-electron chi connectivity index (χ1n) is 37.4. The third-order valence-corrected chi connectivity index (χ3v) is 17.3. The molecular formula is C77H145NO5. The summed E-state index contributed by atoms with van der Waals surface area (Å²) in [6, 6.07) is -0.629. The van der Waals surface area contributed by atoms with E-state index in [0.717, 1.165) is 51.4 Å². The Balaban J connectivity index is 3.42. The molecule has 0 aliphatic rings. The summed E-state index contributed by atoms with van der Waals surface area (Å²) in [5.74, 6) is -0.0592. The van der Waals surface area contributed by atoms with Gasteiger partial charge in [-0.2, -0.15) is 0 Å². The van der Waals surface area contributed by atoms with Crippen molar-refractivity contribution >= 4 is 11.9 Å². The third kappa shape index (κ3) is 68.8. The Bertz CT molecular complexity index is 1390. The fourth-order valence-corrected chi connectivity index (χ4v) is 11.6. The molecule has 2 unspecified atom stereocenters. The number of rotatable bonds is 70. The zero-order valence-corrected chi connectivity index (χ0v) is 55.9. The lowest BCUT2D eigenvalue weighted by atomic mass is 10.0. The summed E-state index contributed by atoms with van der Waals surface area (Å²) in [5.41, 5.74) is 0. The van der Waals surface area contributed by atoms with Crippen LogP contribution in [0.1, 0.15) is 406 Å². The van der Waals surface area contributed by atoms with E-state index in [0.29, 0.717) is 19.4 Å². The van der Waals surface area contributed by atoms with Crippen LogP contribution in [0, 0.1) is 0 Å². The van der Waals surface area contributed by atoms with E-state index in [4.69, 9.17) is 4.74 Å². The highest BCUT2D eigenvalue weighted by atomic mass is 16.5. The fourth-order valence-electron chi connectivity index (χ4n) is 11.6. The highest BCUT2D eigenvalue weighted by Gasteiger charge is 2.18. The first-order chi connectivity index (χ1) is 41.0. The second-order valence-corrected chi connectivity index (χ2v) is 25.6. The monoisotopic (exact) mass is 1160 g/mol. The lowest BCUT2D eigenvalue weighted by molar-refractivity contribution is -0.143. The van der Waals surface area contributed by atoms with E-state index in [2.05, 4.69) is 55.6 Å². The smallest absolute Gasteiger partial charge is 0.305 e. The largest absolute Gasteiger partial charge is 0.466 e. The van der Waals surface area contributed by atoms with Gasteiger partial charge < -0.3 is 20.3 Å². The molecule has 0 rings (SSSR count). The minimum atomic E-state index is -0.846. The topological polar surface area (TPSA) is 95.9 Å². The molecule has 0 aliphatic carbocycles. The maximum Gasteiger partial charge on any atom is 0.305 e. The van der Waals surface area contributed by atoms with Crippen molar-refractivity contribution in [3.63, 3.8) is 0 Å². The summed E-state index contributed by atoms with van der Waals surface area (Å²) >= 11 is 0. The lowest BCUT2D eigenvalue weighted by Gasteiger charge is -2.20. The Hall–Kier alpha value is -2.18. The van der Waals surface area contributed by atoms with Crippen LogP contribution in [0.15, 0.2) is 48.6 Å². The first kappa shape index (κ1) is 80.8. The van der Waals surface area contributed by atoms with Gasteiger partial charge in [0, 0.05) is 12.8 Å². The van der Waals surface area contributed by atoms with Crippen molar-refractivity contribution in [1.29, 1.82) is 0 Å². The number of nitrogens with one attached hydrogen (secondary N) is 1. The van der Waals surface area contributed by atoms with Crippen molar-refractivity contribution in [1.82, 2.24) is 5.32 Å². The van der Waals surface area contributed by atoms with E-state index in [1.165, 1.54) is 327 Å². The maximum absolute atomic E-state index is 12.5. The molecule has 0 fully saturated rings. The Morgan fingerprint density at radius 1 is 0.337 bits per heavy atom. The number of carbonyl (C=O) groups excluding carboxylic acids is 2. The molecule has 0 aliphatic heterocycles. The van der Waals surface area contributed by atoms with Crippen molar-refractivity contribution in [3.8, 4) is 0 Å². The normalized spacial score (nSPS) is 12.8. The second-order valence-electron chi connectivity index (χ2n) is 25.6. The standard InChI is InChI=1S/C77H145NO5/c1-3-5-7-9-11-13-15-17-19-20-21-33-36-39-42-45-49-53-57-61-65-69-75(80)74(73-79)78-76(81)70-66-62-58-54-50-46-43-40-37-34-31-29-27-25-23-22-24-26-28-30-32-35-38-41-44-48-52-56-60-64-68-72-83-77(82)71-67-63-59-55-51-47-18-16-14-12-10-8-6-4-2/h16,18,24,26,30,32,65,69,74-75,79-80H,3-15,17,19-23,25,27-29,31,33-64,66-68,70-73H2,1-2H3,(H,78,81)/b18-16-,26-24-,32-30-,69-65+. The molecule has 0 heterocycles. The molecule has 0 saturated carbocycles. The van der Waals surface area contributed by atoms with Gasteiger partial charge in [0.2, 0.25) is 5.91 Å². The zero-order valence-electron chi connectivity index (χ0n) is 55.9. The predicted molar refractivity (Wildman–Crippen MR) is 366 cm³/mol. The molecule has 488 valence electrons. The van der Waals surface area contributed by atoms with Gasteiger partial charge in [0.15, 0.2) is 0 Å². The molecule has 0 saturated heterocycles. The van der Waals surface area contributed by atoms with Crippen LogP contribution in [0.25, 0.3) is 0 Å². The number of aliphatic hydroxyl groups is 2. The Morgan fingerprint density at radius 2 is 0.602 bits per heavy atom. The summed E-state index contributed by atoms with van der Waals surface area (Å²) < 4.78 is 5.48. The van der Waals surface area contributed by atoms with Crippen LogP contribution in [0.2, 0.25) is 0 Å². The Kier molecular flexibility index (Phi) is 70.4. The van der Waals surface area contributed by atoms with E-state index >= 15 is 0 Å². The van der Waals surface area contributed by atoms with E-state index < -0.39 is 12.1 Å². The van der Waals surface area contributed by atoms with E-state index in [-0.39, 0.29) is 18.5 Å². The van der Waals surface area contributed by atoms with Gasteiger partial charge >= 0.3 is 5.97 Å². The molecule has 3 N–H and O–H groups in total. The van der Waals surface area contributed by atoms with Crippen molar-refractivity contribution in [2.75, 3.05) is 13.2 Å². The van der Waals surface area contributed by atoms with Crippen LogP contribution >= 0.6 is 0 Å². The molecule has 6 heteroatoms. The van der Waals surface area contributed by atoms with Crippen molar-refractivity contribution in [2.24, 2.45) is 0 Å². The number of ether oxygens (including phenoxy) is 1. The molecular weight excluding hydrogens is 1020 g/mol. The summed E-state index contributed by atoms with van der Waals surface area (Å²) in [5, 5.41) is 23.3. The van der Waals surface area contributed by atoms with Crippen molar-refractivity contribution < 1.29 is 24.5 Å². The number of unbranched alkanes of at least 4 members (excludes halogenated alkanes) is 53. The van der Waals surface area contributed by atoms with E-state index in [1.54, 1.807) is 6.08 Å². The minimum Gasteiger partial charge on any atom is -0.466 e. The molecule has 0 aromatic rings. The molecule has 0 radical (unpaired) electrons. The number of aliphatic hydroxyl groups excluding tert-OH is 2. The highest BCUT2D eigenvalue weighted by Crippen LogP contribution is 2.18. The Labute approximate surface area is 518 Å². The number of amides is 1. The van der Waals surface area contributed by atoms with Gasteiger partial charge in [-0.15, -0.1) is 0 Å². The van der Waals surface area contributed by atoms with Crippen LogP contribution < -0.4 is 5.32 Å². The number of esters is 1. The van der Waals surface area contributed by atoms with Gasteiger partial charge in [0.1, 0.15) is 0 Å². The average Bonchev–Trinajstić information content (AvgIpc) is 3.49. The predicted octanol–water partition coefficient (Wildman–Crippen LogP) is 24.4. The number of hydrogen-bond acceptors (Lipinski definition) is 5. The van der Waals surface area contributed by atoms with Gasteiger partial charge in [-0.05, 0) is 89.9 Å². The molecule has 0 bridgehead atoms. The quantitative estimate of drug-likeness (QED) is 0.0320. The SMILES string of the molecule is CCCCCCC/C=C\CCCCCCCC(=O)OCCCCCCCCCCC/C=C\C/C=C\CCCCCCCCCCCCCCCCCC(=O)NC(CO)C(O)/C=C/CCCCCCCCCCCCCCCCCCCCC. The van der Waals surface area contributed by atoms with E-state index in [9.17, 15) is 19.8 Å². The van der Waals surface area contributed by atoms with Crippen LogP contribution in [0.5, 0.6) is 0 Å². The van der Waals surface area contributed by atoms with Gasteiger partial charge in [-0.3, -0.25) is 9.59 Å².